The van der Waals surface area contributed by atoms with Crippen LogP contribution in [0.1, 0.15) is 10.4 Å². The normalized spacial score (nSPS) is 11.2. The molecule has 2 aromatic rings. The number of carbonyl (C=O) groups is 1. The van der Waals surface area contributed by atoms with E-state index in [4.69, 9.17) is 9.39 Å². The Labute approximate surface area is 113 Å². The molecule has 0 saturated heterocycles. The first-order valence-electron chi connectivity index (χ1n) is 5.19. The van der Waals surface area contributed by atoms with Crippen LogP contribution < -0.4 is 4.84 Å². The molecule has 0 atom stereocenters. The summed E-state index contributed by atoms with van der Waals surface area (Å²) in [7, 11) is -4.35. The maximum atomic E-state index is 11.7. The highest BCUT2D eigenvalue weighted by atomic mass is 32.2. The number of carbonyl (C=O) groups excluding carboxylic acids is 1. The van der Waals surface area contributed by atoms with E-state index in [0.29, 0.717) is 4.73 Å². The topological polar surface area (TPSA) is 126 Å². The van der Waals surface area contributed by atoms with E-state index in [0.717, 1.165) is 36.4 Å². The first-order chi connectivity index (χ1) is 9.29. The van der Waals surface area contributed by atoms with Gasteiger partial charge in [0.05, 0.1) is 10.5 Å². The predicted molar refractivity (Wildman–Crippen MR) is 64.9 cm³/mol. The Morgan fingerprint density at radius 1 is 1.00 bits per heavy atom. The van der Waals surface area contributed by atoms with Crippen LogP contribution in [-0.2, 0) is 10.1 Å². The molecule has 0 aliphatic carbocycles. The lowest BCUT2D eigenvalue weighted by molar-refractivity contribution is 0.0381. The molecule has 0 aliphatic heterocycles. The average molecular weight is 299 g/mol. The minimum atomic E-state index is -4.35. The van der Waals surface area contributed by atoms with Gasteiger partial charge in [0.2, 0.25) is 11.8 Å². The first-order valence-corrected chi connectivity index (χ1v) is 6.63. The number of benzene rings is 1. The van der Waals surface area contributed by atoms with Crippen molar-refractivity contribution in [3.05, 3.63) is 42.0 Å². The second kappa shape index (κ2) is 4.87. The van der Waals surface area contributed by atoms with Gasteiger partial charge in [-0.2, -0.15) is 8.42 Å². The van der Waals surface area contributed by atoms with Crippen molar-refractivity contribution in [1.29, 1.82) is 0 Å². The highest BCUT2D eigenvalue weighted by molar-refractivity contribution is 7.85. The zero-order valence-electron chi connectivity index (χ0n) is 9.79. The van der Waals surface area contributed by atoms with Gasteiger partial charge in [0.15, 0.2) is 0 Å². The minimum absolute atomic E-state index is 0.0371. The van der Waals surface area contributed by atoms with E-state index in [2.05, 4.69) is 0 Å². The van der Waals surface area contributed by atoms with E-state index in [1.165, 1.54) is 0 Å². The summed E-state index contributed by atoms with van der Waals surface area (Å²) in [6, 6.07) is 6.49. The molecule has 1 aromatic carbocycles. The van der Waals surface area contributed by atoms with Crippen LogP contribution in [0.3, 0.4) is 0 Å². The molecular weight excluding hydrogens is 290 g/mol. The summed E-state index contributed by atoms with van der Waals surface area (Å²) in [5.74, 6) is -1.90. The highest BCUT2D eigenvalue weighted by Crippen LogP contribution is 2.19. The average Bonchev–Trinajstić information content (AvgIpc) is 2.69. The molecule has 20 heavy (non-hydrogen) atoms. The van der Waals surface area contributed by atoms with Crippen molar-refractivity contribution in [3.8, 4) is 11.8 Å². The number of hydrogen-bond donors (Lipinski definition) is 3. The fourth-order valence-corrected chi connectivity index (χ4v) is 1.87. The molecule has 0 amide bonds. The third-order valence-corrected chi connectivity index (χ3v) is 3.23. The van der Waals surface area contributed by atoms with Crippen LogP contribution in [-0.4, -0.2) is 33.9 Å². The lowest BCUT2D eigenvalue weighted by atomic mass is 10.2. The second-order valence-electron chi connectivity index (χ2n) is 3.72. The molecule has 1 heterocycles. The van der Waals surface area contributed by atoms with Crippen molar-refractivity contribution in [2.45, 2.75) is 4.90 Å². The highest BCUT2D eigenvalue weighted by Gasteiger charge is 2.15. The fraction of sp³-hybridized carbons (Fsp3) is 0. The summed E-state index contributed by atoms with van der Waals surface area (Å²) in [5, 5.41) is 18.6. The third-order valence-electron chi connectivity index (χ3n) is 2.36. The van der Waals surface area contributed by atoms with E-state index in [9.17, 15) is 23.4 Å². The third kappa shape index (κ3) is 2.73. The Kier molecular flexibility index (Phi) is 3.38. The van der Waals surface area contributed by atoms with E-state index in [1.807, 2.05) is 0 Å². The molecule has 0 unspecified atom stereocenters. The maximum Gasteiger partial charge on any atom is 0.363 e. The Balaban J connectivity index is 2.22. The molecule has 9 heteroatoms. The van der Waals surface area contributed by atoms with Crippen LogP contribution in [0.25, 0.3) is 0 Å². The van der Waals surface area contributed by atoms with Gasteiger partial charge in [-0.3, -0.25) is 4.55 Å². The van der Waals surface area contributed by atoms with Crippen LogP contribution in [0.4, 0.5) is 0 Å². The Morgan fingerprint density at radius 3 is 1.95 bits per heavy atom. The van der Waals surface area contributed by atoms with Gasteiger partial charge in [-0.1, -0.05) is 0 Å². The van der Waals surface area contributed by atoms with E-state index < -0.39 is 27.8 Å². The summed E-state index contributed by atoms with van der Waals surface area (Å²) >= 11 is 0. The molecule has 2 rings (SSSR count). The Hall–Kier alpha value is -2.52. The van der Waals surface area contributed by atoms with Crippen LogP contribution in [0.2, 0.25) is 0 Å². The molecule has 3 N–H and O–H groups in total. The molecule has 0 aliphatic rings. The SMILES string of the molecule is O=C(On1c(O)ccc1O)c1ccc(S(=O)(=O)O)cc1. The molecule has 1 aromatic heterocycles. The summed E-state index contributed by atoms with van der Waals surface area (Å²) in [6.07, 6.45) is 0. The lowest BCUT2D eigenvalue weighted by Gasteiger charge is -2.07. The molecule has 8 nitrogen and oxygen atoms in total. The summed E-state index contributed by atoms with van der Waals surface area (Å²) in [5.41, 5.74) is -0.0371. The molecule has 0 fully saturated rings. The molecule has 0 radical (unpaired) electrons. The standard InChI is InChI=1S/C11H9NO7S/c13-9-5-6-10(14)12(9)19-11(15)7-1-3-8(4-2-7)20(16,17)18/h1-6,13-14H,(H,16,17,18). The zero-order valence-corrected chi connectivity index (χ0v) is 10.6. The monoisotopic (exact) mass is 299 g/mol. The number of hydrogen-bond acceptors (Lipinski definition) is 6. The lowest BCUT2D eigenvalue weighted by Crippen LogP contribution is -2.19. The van der Waals surface area contributed by atoms with Crippen LogP contribution in [0.15, 0.2) is 41.3 Å². The number of rotatable bonds is 3. The minimum Gasteiger partial charge on any atom is -0.492 e. The molecule has 106 valence electrons. The molecule has 0 spiro atoms. The smallest absolute Gasteiger partial charge is 0.363 e. The van der Waals surface area contributed by atoms with E-state index in [-0.39, 0.29) is 10.5 Å². The van der Waals surface area contributed by atoms with Crippen molar-refractivity contribution in [2.24, 2.45) is 0 Å². The van der Waals surface area contributed by atoms with Crippen LogP contribution >= 0.6 is 0 Å². The van der Waals surface area contributed by atoms with Crippen molar-refractivity contribution >= 4 is 16.1 Å². The Bertz CT molecular complexity index is 726. The first kappa shape index (κ1) is 13.9. The number of aromatic nitrogens is 1. The number of nitrogens with zero attached hydrogens (tertiary/aromatic N) is 1. The van der Waals surface area contributed by atoms with Crippen molar-refractivity contribution in [2.75, 3.05) is 0 Å². The van der Waals surface area contributed by atoms with Gasteiger partial charge in [-0.25, -0.2) is 4.79 Å². The number of aromatic hydroxyl groups is 2. The largest absolute Gasteiger partial charge is 0.492 e. The van der Waals surface area contributed by atoms with E-state index >= 15 is 0 Å². The van der Waals surface area contributed by atoms with E-state index in [1.54, 1.807) is 0 Å². The fourth-order valence-electron chi connectivity index (χ4n) is 1.39. The zero-order chi connectivity index (χ0) is 14.9. The summed E-state index contributed by atoms with van der Waals surface area (Å²) < 4.78 is 30.9. The van der Waals surface area contributed by atoms with Gasteiger partial charge in [-0.15, -0.1) is 4.73 Å². The van der Waals surface area contributed by atoms with Gasteiger partial charge in [-0.05, 0) is 24.3 Å². The molecular formula is C11H9NO7S. The van der Waals surface area contributed by atoms with Gasteiger partial charge in [0.1, 0.15) is 0 Å². The predicted octanol–water partition coefficient (Wildman–Crippen LogP) is 0.415. The van der Waals surface area contributed by atoms with Crippen LogP contribution in [0, 0.1) is 0 Å². The van der Waals surface area contributed by atoms with Crippen molar-refractivity contribution < 1.29 is 32.8 Å². The van der Waals surface area contributed by atoms with Crippen LogP contribution in [0.5, 0.6) is 11.8 Å². The van der Waals surface area contributed by atoms with Gasteiger partial charge >= 0.3 is 5.97 Å². The van der Waals surface area contributed by atoms with Crippen molar-refractivity contribution in [3.63, 3.8) is 0 Å². The van der Waals surface area contributed by atoms with Crippen molar-refractivity contribution in [1.82, 2.24) is 4.73 Å². The second-order valence-corrected chi connectivity index (χ2v) is 5.14. The summed E-state index contributed by atoms with van der Waals surface area (Å²) in [4.78, 5) is 16.0. The quantitative estimate of drug-likeness (QED) is 0.701. The maximum absolute atomic E-state index is 11.7. The van der Waals surface area contributed by atoms with Gasteiger partial charge in [0, 0.05) is 12.1 Å². The Morgan fingerprint density at radius 2 is 1.50 bits per heavy atom. The van der Waals surface area contributed by atoms with Gasteiger partial charge in [0.25, 0.3) is 10.1 Å². The summed E-state index contributed by atoms with van der Waals surface area (Å²) in [6.45, 7) is 0. The molecule has 0 saturated carbocycles. The van der Waals surface area contributed by atoms with Gasteiger partial charge < -0.3 is 15.1 Å². The molecule has 0 bridgehead atoms.